The zero-order chi connectivity index (χ0) is 31.2. The molecule has 0 radical (unpaired) electrons. The first-order valence-corrected chi connectivity index (χ1v) is 15.2. The fourth-order valence-electron chi connectivity index (χ4n) is 5.40. The van der Waals surface area contributed by atoms with Gasteiger partial charge >= 0.3 is 0 Å². The molecule has 1 fully saturated rings. The zero-order valence-electron chi connectivity index (χ0n) is 26.0. The number of nitrogens with one attached hydrogen (secondary N) is 3. The van der Waals surface area contributed by atoms with Gasteiger partial charge in [0.2, 0.25) is 5.91 Å². The first kappa shape index (κ1) is 31.3. The fraction of sp³-hybridized carbons (Fsp3) is 0.361. The summed E-state index contributed by atoms with van der Waals surface area (Å²) in [7, 11) is 1.49. The zero-order valence-corrected chi connectivity index (χ0v) is 26.0. The molecule has 2 atom stereocenters. The van der Waals surface area contributed by atoms with E-state index >= 15 is 0 Å². The minimum absolute atomic E-state index is 0.0626. The van der Waals surface area contributed by atoms with Gasteiger partial charge in [0.1, 0.15) is 18.8 Å². The van der Waals surface area contributed by atoms with Crippen LogP contribution >= 0.6 is 0 Å². The molecule has 8 nitrogen and oxygen atoms in total. The second kappa shape index (κ2) is 13.7. The molecule has 1 aromatic heterocycles. The van der Waals surface area contributed by atoms with Gasteiger partial charge in [-0.3, -0.25) is 4.79 Å². The Bertz CT molecular complexity index is 1530. The van der Waals surface area contributed by atoms with Gasteiger partial charge < -0.3 is 25.8 Å². The molecule has 1 saturated carbocycles. The molecule has 0 spiro atoms. The van der Waals surface area contributed by atoms with Crippen molar-refractivity contribution in [3.63, 3.8) is 0 Å². The highest BCUT2D eigenvalue weighted by Crippen LogP contribution is 2.46. The van der Waals surface area contributed by atoms with E-state index in [1.54, 1.807) is 6.33 Å². The average Bonchev–Trinajstić information content (AvgIpc) is 3.82. The van der Waals surface area contributed by atoms with Gasteiger partial charge in [-0.2, -0.15) is 0 Å². The summed E-state index contributed by atoms with van der Waals surface area (Å²) >= 11 is 0. The fourth-order valence-corrected chi connectivity index (χ4v) is 5.40. The van der Waals surface area contributed by atoms with Crippen LogP contribution in [0.25, 0.3) is 11.3 Å². The van der Waals surface area contributed by atoms with Crippen LogP contribution < -0.4 is 16.0 Å². The van der Waals surface area contributed by atoms with Crippen LogP contribution in [0.15, 0.2) is 91.3 Å². The third-order valence-electron chi connectivity index (χ3n) is 8.19. The summed E-state index contributed by atoms with van der Waals surface area (Å²) in [5.74, 6) is 0.437. The van der Waals surface area contributed by atoms with Crippen LogP contribution in [0.3, 0.4) is 0 Å². The second-order valence-electron chi connectivity index (χ2n) is 12.6. The summed E-state index contributed by atoms with van der Waals surface area (Å²) in [4.78, 5) is 21.3. The molecule has 4 N–H and O–H groups in total. The van der Waals surface area contributed by atoms with Gasteiger partial charge in [-0.15, -0.1) is 0 Å². The Morgan fingerprint density at radius 3 is 2.41 bits per heavy atom. The predicted molar refractivity (Wildman–Crippen MR) is 175 cm³/mol. The lowest BCUT2D eigenvalue weighted by Crippen LogP contribution is -2.50. The van der Waals surface area contributed by atoms with E-state index in [0.717, 1.165) is 35.3 Å². The molecule has 3 aromatic carbocycles. The molecule has 8 heteroatoms. The first-order chi connectivity index (χ1) is 21.1. The minimum atomic E-state index is -0.797. The maximum atomic E-state index is 12.5. The van der Waals surface area contributed by atoms with Crippen molar-refractivity contribution in [1.82, 2.24) is 20.6 Å². The summed E-state index contributed by atoms with van der Waals surface area (Å²) in [5.41, 5.74) is 6.19. The van der Waals surface area contributed by atoms with E-state index in [4.69, 9.17) is 4.74 Å². The molecule has 5 rings (SSSR count). The number of nitrogens with zero attached hydrogens (tertiary/aromatic N) is 2. The summed E-state index contributed by atoms with van der Waals surface area (Å²) in [5, 5.41) is 21.3. The third kappa shape index (κ3) is 8.08. The van der Waals surface area contributed by atoms with Crippen LogP contribution in [0.5, 0.6) is 0 Å². The lowest BCUT2D eigenvalue weighted by Gasteiger charge is -2.28. The molecule has 1 amide bonds. The first-order valence-electron chi connectivity index (χ1n) is 15.2. The van der Waals surface area contributed by atoms with Gasteiger partial charge in [-0.25, -0.2) is 9.97 Å². The van der Waals surface area contributed by atoms with Crippen LogP contribution in [0.2, 0.25) is 0 Å². The molecule has 1 heterocycles. The topological polar surface area (TPSA) is 108 Å². The van der Waals surface area contributed by atoms with Crippen LogP contribution in [-0.4, -0.2) is 53.4 Å². The minimum Gasteiger partial charge on any atom is -0.390 e. The quantitative estimate of drug-likeness (QED) is 0.162. The van der Waals surface area contributed by atoms with Crippen LogP contribution in [0.4, 0.5) is 11.5 Å². The molecule has 0 aliphatic heterocycles. The van der Waals surface area contributed by atoms with Crippen LogP contribution in [-0.2, 0) is 26.9 Å². The molecule has 0 saturated heterocycles. The van der Waals surface area contributed by atoms with Crippen molar-refractivity contribution in [3.8, 4) is 11.3 Å². The molecular weight excluding hydrogens is 550 g/mol. The normalized spacial score (nSPS) is 15.3. The number of amides is 1. The predicted octanol–water partition coefficient (Wildman–Crippen LogP) is 5.50. The largest absolute Gasteiger partial charge is 0.390 e. The van der Waals surface area contributed by atoms with Crippen LogP contribution in [0, 0.1) is 0 Å². The Kier molecular flexibility index (Phi) is 9.74. The molecular formula is C36H43N5O3. The van der Waals surface area contributed by atoms with Crippen molar-refractivity contribution in [1.29, 1.82) is 0 Å². The van der Waals surface area contributed by atoms with E-state index in [1.807, 2.05) is 60.7 Å². The average molecular weight is 594 g/mol. The van der Waals surface area contributed by atoms with Crippen molar-refractivity contribution in [3.05, 3.63) is 108 Å². The molecule has 44 heavy (non-hydrogen) atoms. The van der Waals surface area contributed by atoms with Crippen molar-refractivity contribution in [2.45, 2.75) is 63.1 Å². The number of aromatic nitrogens is 2. The van der Waals surface area contributed by atoms with Gasteiger partial charge in [0.05, 0.1) is 17.8 Å². The second-order valence-corrected chi connectivity index (χ2v) is 12.6. The Hall–Kier alpha value is -4.11. The molecule has 230 valence electrons. The number of hydrogen-bond acceptors (Lipinski definition) is 7. The number of methoxy groups -OCH3 is 1. The molecule has 4 aromatic rings. The standard InChI is InChI=1S/C36H43N5O3/c1-35(2,3)27-11-8-12-28(20-27)36(17-18-36)39-22-32(42)31(41-34(43)23-44-4)19-25-13-15-29(16-14-25)40-33-21-30(37-24-38-33)26-9-6-5-7-10-26/h5-16,20-21,24,31-32,39,42H,17-19,22-23H2,1-4H3,(H,41,43)(H,37,38,40)/t31-,32-/m0/s1. The van der Waals surface area contributed by atoms with Crippen molar-refractivity contribution >= 4 is 17.4 Å². The van der Waals surface area contributed by atoms with E-state index < -0.39 is 12.1 Å². The molecule has 0 unspecified atom stereocenters. The third-order valence-corrected chi connectivity index (χ3v) is 8.19. The van der Waals surface area contributed by atoms with E-state index in [1.165, 1.54) is 18.2 Å². The van der Waals surface area contributed by atoms with E-state index in [2.05, 4.69) is 71.0 Å². The number of aliphatic hydroxyl groups excluding tert-OH is 1. The van der Waals surface area contributed by atoms with Gasteiger partial charge in [0.25, 0.3) is 0 Å². The summed E-state index contributed by atoms with van der Waals surface area (Å²) < 4.78 is 5.04. The Morgan fingerprint density at radius 1 is 0.977 bits per heavy atom. The number of rotatable bonds is 13. The molecule has 1 aliphatic carbocycles. The van der Waals surface area contributed by atoms with Gasteiger partial charge in [0.15, 0.2) is 0 Å². The smallest absolute Gasteiger partial charge is 0.246 e. The van der Waals surface area contributed by atoms with Gasteiger partial charge in [0, 0.05) is 36.5 Å². The molecule has 0 bridgehead atoms. The SMILES string of the molecule is COCC(=O)N[C@@H](Cc1ccc(Nc2cc(-c3ccccc3)ncn2)cc1)[C@@H](O)CNC1(c2cccc(C(C)(C)C)c2)CC1. The Morgan fingerprint density at radius 2 is 1.73 bits per heavy atom. The highest BCUT2D eigenvalue weighted by molar-refractivity contribution is 5.77. The van der Waals surface area contributed by atoms with Crippen molar-refractivity contribution in [2.24, 2.45) is 0 Å². The maximum absolute atomic E-state index is 12.5. The van der Waals surface area contributed by atoms with Crippen LogP contribution in [0.1, 0.15) is 50.3 Å². The lowest BCUT2D eigenvalue weighted by atomic mass is 9.85. The number of hydrogen-bond donors (Lipinski definition) is 4. The highest BCUT2D eigenvalue weighted by Gasteiger charge is 2.44. The summed E-state index contributed by atoms with van der Waals surface area (Å²) in [6.07, 6.45) is 3.25. The summed E-state index contributed by atoms with van der Waals surface area (Å²) in [6.45, 7) is 6.95. The highest BCUT2D eigenvalue weighted by atomic mass is 16.5. The lowest BCUT2D eigenvalue weighted by molar-refractivity contribution is -0.126. The van der Waals surface area contributed by atoms with Crippen molar-refractivity contribution < 1.29 is 14.6 Å². The number of benzene rings is 3. The number of carbonyl (C=O) groups is 1. The number of anilines is 2. The van der Waals surface area contributed by atoms with E-state index in [0.29, 0.717) is 18.8 Å². The number of ether oxygens (including phenoxy) is 1. The maximum Gasteiger partial charge on any atom is 0.246 e. The van der Waals surface area contributed by atoms with E-state index in [9.17, 15) is 9.90 Å². The Balaban J connectivity index is 1.24. The Labute approximate surface area is 260 Å². The number of carbonyl (C=O) groups excluding carboxylic acids is 1. The van der Waals surface area contributed by atoms with Gasteiger partial charge in [-0.1, -0.05) is 87.5 Å². The van der Waals surface area contributed by atoms with Gasteiger partial charge in [-0.05, 0) is 53.5 Å². The monoisotopic (exact) mass is 593 g/mol. The molecule has 1 aliphatic rings. The number of aliphatic hydroxyl groups is 1. The van der Waals surface area contributed by atoms with E-state index in [-0.39, 0.29) is 23.5 Å². The summed E-state index contributed by atoms with van der Waals surface area (Å²) in [6, 6.07) is 28.1. The van der Waals surface area contributed by atoms with Crippen molar-refractivity contribution in [2.75, 3.05) is 25.6 Å².